The number of hydrazine groups is 1. The number of methoxy groups -OCH3 is 1. The highest BCUT2D eigenvalue weighted by Gasteiger charge is 2.24. The van der Waals surface area contributed by atoms with Gasteiger partial charge in [-0.15, -0.1) is 4.83 Å². The monoisotopic (exact) mass is 430 g/mol. The quantitative estimate of drug-likeness (QED) is 0.557. The van der Waals surface area contributed by atoms with Crippen LogP contribution in [-0.2, 0) is 14.8 Å². The molecule has 10 heteroatoms. The highest BCUT2D eigenvalue weighted by atomic mass is 79.9. The van der Waals surface area contributed by atoms with Gasteiger partial charge in [-0.3, -0.25) is 10.2 Å². The maximum absolute atomic E-state index is 12.8. The van der Waals surface area contributed by atoms with E-state index in [2.05, 4.69) is 20.7 Å². The molecule has 0 heterocycles. The molecule has 25 heavy (non-hydrogen) atoms. The molecule has 132 valence electrons. The molecule has 0 saturated heterocycles. The lowest BCUT2D eigenvalue weighted by molar-refractivity contribution is 0.0596. The molecule has 0 fully saturated rings. The number of carbonyl (C=O) groups excluding carboxylic acids is 2. The van der Waals surface area contributed by atoms with Crippen LogP contribution in [-0.4, -0.2) is 27.4 Å². The minimum Gasteiger partial charge on any atom is -0.465 e. The SMILES string of the molecule is COC(=O)c1cc(Br)ccc1S(=O)(=O)NNC(=O)c1ccc(F)cc1. The minimum atomic E-state index is -4.25. The van der Waals surface area contributed by atoms with Crippen molar-refractivity contribution in [2.45, 2.75) is 4.90 Å². The van der Waals surface area contributed by atoms with E-state index in [1.807, 2.05) is 10.3 Å². The van der Waals surface area contributed by atoms with Crippen LogP contribution in [0.15, 0.2) is 51.8 Å². The Balaban J connectivity index is 2.23. The van der Waals surface area contributed by atoms with Crippen molar-refractivity contribution in [1.29, 1.82) is 0 Å². The molecule has 0 unspecified atom stereocenters. The van der Waals surface area contributed by atoms with Gasteiger partial charge in [-0.2, -0.15) is 0 Å². The van der Waals surface area contributed by atoms with Gasteiger partial charge in [0.25, 0.3) is 15.9 Å². The number of hydrogen-bond acceptors (Lipinski definition) is 5. The highest BCUT2D eigenvalue weighted by Crippen LogP contribution is 2.21. The van der Waals surface area contributed by atoms with Crippen molar-refractivity contribution in [1.82, 2.24) is 10.3 Å². The Kier molecular flexibility index (Phi) is 5.88. The van der Waals surface area contributed by atoms with Gasteiger partial charge in [0.2, 0.25) is 0 Å². The third-order valence-corrected chi connectivity index (χ3v) is 4.84. The molecule has 1 amide bonds. The van der Waals surface area contributed by atoms with Crippen LogP contribution in [0.3, 0.4) is 0 Å². The van der Waals surface area contributed by atoms with Crippen molar-refractivity contribution < 1.29 is 27.1 Å². The zero-order chi connectivity index (χ0) is 18.6. The van der Waals surface area contributed by atoms with Crippen molar-refractivity contribution in [3.63, 3.8) is 0 Å². The van der Waals surface area contributed by atoms with Crippen LogP contribution in [0.4, 0.5) is 4.39 Å². The zero-order valence-corrected chi connectivity index (χ0v) is 15.1. The van der Waals surface area contributed by atoms with Gasteiger partial charge in [-0.25, -0.2) is 17.6 Å². The van der Waals surface area contributed by atoms with Gasteiger partial charge in [0.1, 0.15) is 5.82 Å². The van der Waals surface area contributed by atoms with Crippen molar-refractivity contribution in [3.05, 3.63) is 63.9 Å². The molecule has 0 saturated carbocycles. The Morgan fingerprint density at radius 1 is 1.12 bits per heavy atom. The van der Waals surface area contributed by atoms with Gasteiger partial charge < -0.3 is 4.74 Å². The molecule has 2 aromatic rings. The van der Waals surface area contributed by atoms with E-state index in [9.17, 15) is 22.4 Å². The minimum absolute atomic E-state index is 0.0492. The Morgan fingerprint density at radius 2 is 1.76 bits per heavy atom. The largest absolute Gasteiger partial charge is 0.465 e. The first-order valence-corrected chi connectivity index (χ1v) is 8.98. The lowest BCUT2D eigenvalue weighted by Gasteiger charge is -2.11. The van der Waals surface area contributed by atoms with E-state index in [0.29, 0.717) is 4.47 Å². The van der Waals surface area contributed by atoms with E-state index in [1.165, 1.54) is 30.3 Å². The van der Waals surface area contributed by atoms with Gasteiger partial charge in [0.15, 0.2) is 0 Å². The molecule has 0 aliphatic carbocycles. The van der Waals surface area contributed by atoms with Crippen molar-refractivity contribution in [3.8, 4) is 0 Å². The van der Waals surface area contributed by atoms with Crippen molar-refractivity contribution >= 4 is 37.8 Å². The van der Waals surface area contributed by atoms with Crippen LogP contribution in [0.2, 0.25) is 0 Å². The van der Waals surface area contributed by atoms with E-state index in [-0.39, 0.29) is 16.0 Å². The summed E-state index contributed by atoms with van der Waals surface area (Å²) in [6.45, 7) is 0. The first-order chi connectivity index (χ1) is 11.7. The number of rotatable bonds is 5. The van der Waals surface area contributed by atoms with Crippen LogP contribution in [0.5, 0.6) is 0 Å². The number of hydrogen-bond donors (Lipinski definition) is 2. The summed E-state index contributed by atoms with van der Waals surface area (Å²) in [5, 5.41) is 0. The number of carbonyl (C=O) groups is 2. The molecular weight excluding hydrogens is 419 g/mol. The Labute approximate surface area is 151 Å². The summed E-state index contributed by atoms with van der Waals surface area (Å²) in [7, 11) is -3.14. The second-order valence-electron chi connectivity index (χ2n) is 4.70. The molecule has 0 radical (unpaired) electrons. The van der Waals surface area contributed by atoms with Gasteiger partial charge in [0, 0.05) is 10.0 Å². The summed E-state index contributed by atoms with van der Waals surface area (Å²) in [5.74, 6) is -2.18. The molecule has 7 nitrogen and oxygen atoms in total. The Hall–Kier alpha value is -2.30. The normalized spacial score (nSPS) is 11.0. The summed E-state index contributed by atoms with van der Waals surface area (Å²) >= 11 is 3.14. The molecule has 2 aromatic carbocycles. The zero-order valence-electron chi connectivity index (χ0n) is 12.7. The second-order valence-corrected chi connectivity index (χ2v) is 7.27. The fraction of sp³-hybridized carbons (Fsp3) is 0.0667. The number of nitrogens with one attached hydrogen (secondary N) is 2. The fourth-order valence-electron chi connectivity index (χ4n) is 1.85. The van der Waals surface area contributed by atoms with Crippen LogP contribution in [0, 0.1) is 5.82 Å². The van der Waals surface area contributed by atoms with E-state index >= 15 is 0 Å². The smallest absolute Gasteiger partial charge is 0.339 e. The molecule has 0 bridgehead atoms. The van der Waals surface area contributed by atoms with E-state index in [0.717, 1.165) is 19.2 Å². The molecule has 0 aliphatic rings. The molecule has 0 atom stereocenters. The van der Waals surface area contributed by atoms with E-state index < -0.39 is 27.7 Å². The predicted octanol–water partition coefficient (Wildman–Crippen LogP) is 2.00. The number of ether oxygens (including phenoxy) is 1. The van der Waals surface area contributed by atoms with Crippen molar-refractivity contribution in [2.75, 3.05) is 7.11 Å². The van der Waals surface area contributed by atoms with Crippen LogP contribution >= 0.6 is 15.9 Å². The fourth-order valence-corrected chi connectivity index (χ4v) is 3.23. The molecule has 0 aliphatic heterocycles. The Bertz CT molecular complexity index is 916. The molecule has 0 spiro atoms. The maximum Gasteiger partial charge on any atom is 0.339 e. The molecule has 2 N–H and O–H groups in total. The summed E-state index contributed by atoms with van der Waals surface area (Å²) in [6, 6.07) is 8.39. The lowest BCUT2D eigenvalue weighted by atomic mass is 10.2. The van der Waals surface area contributed by atoms with Gasteiger partial charge in [-0.05, 0) is 42.5 Å². The van der Waals surface area contributed by atoms with Crippen LogP contribution in [0.1, 0.15) is 20.7 Å². The van der Waals surface area contributed by atoms with E-state index in [4.69, 9.17) is 0 Å². The molecule has 2 rings (SSSR count). The third kappa shape index (κ3) is 4.62. The van der Waals surface area contributed by atoms with Gasteiger partial charge in [0.05, 0.1) is 17.6 Å². The molecule has 0 aromatic heterocycles. The van der Waals surface area contributed by atoms with Crippen LogP contribution < -0.4 is 10.3 Å². The van der Waals surface area contributed by atoms with Gasteiger partial charge in [-0.1, -0.05) is 15.9 Å². The predicted molar refractivity (Wildman–Crippen MR) is 89.7 cm³/mol. The Morgan fingerprint density at radius 3 is 2.36 bits per heavy atom. The summed E-state index contributed by atoms with van der Waals surface area (Å²) in [5.41, 5.74) is 1.83. The average Bonchev–Trinajstić information content (AvgIpc) is 2.59. The number of benzene rings is 2. The summed E-state index contributed by atoms with van der Waals surface area (Å²) in [4.78, 5) is 25.2. The highest BCUT2D eigenvalue weighted by molar-refractivity contribution is 9.10. The second kappa shape index (κ2) is 7.72. The van der Waals surface area contributed by atoms with Crippen molar-refractivity contribution in [2.24, 2.45) is 0 Å². The third-order valence-electron chi connectivity index (χ3n) is 3.04. The van der Waals surface area contributed by atoms with Crippen LogP contribution in [0.25, 0.3) is 0 Å². The number of esters is 1. The van der Waals surface area contributed by atoms with E-state index in [1.54, 1.807) is 0 Å². The number of halogens is 2. The first kappa shape index (κ1) is 19.0. The topological polar surface area (TPSA) is 102 Å². The molecular formula is C15H12BrFN2O5S. The first-order valence-electron chi connectivity index (χ1n) is 6.70. The summed E-state index contributed by atoms with van der Waals surface area (Å²) in [6.07, 6.45) is 0. The number of sulfonamides is 1. The summed E-state index contributed by atoms with van der Waals surface area (Å²) < 4.78 is 42.6. The number of amides is 1. The maximum atomic E-state index is 12.8. The average molecular weight is 431 g/mol. The standard InChI is InChI=1S/C15H12BrFN2O5S/c1-24-15(21)12-8-10(16)4-7-13(12)25(22,23)19-18-14(20)9-2-5-11(17)6-3-9/h2-8,19H,1H3,(H,18,20). The lowest BCUT2D eigenvalue weighted by Crippen LogP contribution is -2.42. The van der Waals surface area contributed by atoms with Gasteiger partial charge >= 0.3 is 5.97 Å².